The summed E-state index contributed by atoms with van der Waals surface area (Å²) in [5.74, 6) is 0.637. The summed E-state index contributed by atoms with van der Waals surface area (Å²) in [5.41, 5.74) is 13.9. The van der Waals surface area contributed by atoms with Gasteiger partial charge >= 0.3 is 0 Å². The van der Waals surface area contributed by atoms with Crippen LogP contribution in [0.4, 0.5) is 0 Å². The molecule has 12 rings (SSSR count). The lowest BCUT2D eigenvalue weighted by atomic mass is 10.0. The molecule has 4 aromatic heterocycles. The van der Waals surface area contributed by atoms with Crippen molar-refractivity contribution in [3.05, 3.63) is 194 Å². The van der Waals surface area contributed by atoms with Gasteiger partial charge < -0.3 is 8.98 Å². The van der Waals surface area contributed by atoms with Gasteiger partial charge in [-0.1, -0.05) is 127 Å². The molecule has 5 heteroatoms. The van der Waals surface area contributed by atoms with Crippen molar-refractivity contribution < 1.29 is 4.42 Å². The van der Waals surface area contributed by atoms with Crippen molar-refractivity contribution in [2.24, 2.45) is 0 Å². The Kier molecular flexibility index (Phi) is 6.86. The van der Waals surface area contributed by atoms with Gasteiger partial charge in [0.1, 0.15) is 11.2 Å². The molecule has 8 aromatic carbocycles. The SMILES string of the molecule is c1ccc(-n2c3ccccc3c3cc(-c4ccc5c(c4)c4ccccc4n5-c4nccc(-c5ccc(-c6cccc7c6oc6ccccc67)cc5)n4)ccc32)cc1. The zero-order chi connectivity index (χ0) is 37.5. The van der Waals surface area contributed by atoms with Gasteiger partial charge in [0, 0.05) is 55.3 Å². The van der Waals surface area contributed by atoms with E-state index < -0.39 is 0 Å². The second-order valence-corrected chi connectivity index (χ2v) is 14.6. The maximum absolute atomic E-state index is 6.34. The molecule has 0 radical (unpaired) electrons. The topological polar surface area (TPSA) is 48.8 Å². The minimum Gasteiger partial charge on any atom is -0.455 e. The smallest absolute Gasteiger partial charge is 0.235 e. The van der Waals surface area contributed by atoms with Crippen molar-refractivity contribution in [1.82, 2.24) is 19.1 Å². The summed E-state index contributed by atoms with van der Waals surface area (Å²) in [6.45, 7) is 0. The highest BCUT2D eigenvalue weighted by Crippen LogP contribution is 2.39. The van der Waals surface area contributed by atoms with E-state index in [0.29, 0.717) is 5.95 Å². The van der Waals surface area contributed by atoms with Gasteiger partial charge in [0.2, 0.25) is 5.95 Å². The van der Waals surface area contributed by atoms with Gasteiger partial charge in [0.15, 0.2) is 0 Å². The minimum absolute atomic E-state index is 0.637. The predicted octanol–water partition coefficient (Wildman–Crippen LogP) is 13.6. The first kappa shape index (κ1) is 31.6. The molecule has 0 N–H and O–H groups in total. The van der Waals surface area contributed by atoms with Crippen molar-refractivity contribution in [1.29, 1.82) is 0 Å². The first-order valence-corrected chi connectivity index (χ1v) is 19.2. The molecule has 57 heavy (non-hydrogen) atoms. The monoisotopic (exact) mass is 728 g/mol. The number of fused-ring (bicyclic) bond motifs is 9. The average molecular weight is 729 g/mol. The van der Waals surface area contributed by atoms with Crippen molar-refractivity contribution in [2.75, 3.05) is 0 Å². The highest BCUT2D eigenvalue weighted by molar-refractivity contribution is 6.13. The summed E-state index contributed by atoms with van der Waals surface area (Å²) in [4.78, 5) is 10.0. The van der Waals surface area contributed by atoms with Crippen molar-refractivity contribution in [3.8, 4) is 45.1 Å². The molecule has 266 valence electrons. The lowest BCUT2D eigenvalue weighted by molar-refractivity contribution is 0.670. The average Bonchev–Trinajstić information content (AvgIpc) is 3.94. The van der Waals surface area contributed by atoms with Crippen LogP contribution in [0, 0.1) is 0 Å². The van der Waals surface area contributed by atoms with E-state index in [2.05, 4.69) is 179 Å². The quantitative estimate of drug-likeness (QED) is 0.177. The highest BCUT2D eigenvalue weighted by Gasteiger charge is 2.18. The van der Waals surface area contributed by atoms with E-state index in [-0.39, 0.29) is 0 Å². The highest BCUT2D eigenvalue weighted by atomic mass is 16.3. The molecule has 0 aliphatic rings. The first-order chi connectivity index (χ1) is 28.3. The van der Waals surface area contributed by atoms with Crippen LogP contribution < -0.4 is 0 Å². The third-order valence-corrected chi connectivity index (χ3v) is 11.4. The van der Waals surface area contributed by atoms with E-state index in [1.165, 1.54) is 27.4 Å². The molecule has 5 nitrogen and oxygen atoms in total. The third kappa shape index (κ3) is 4.89. The van der Waals surface area contributed by atoms with E-state index in [1.54, 1.807) is 0 Å². The molecule has 0 bridgehead atoms. The lowest BCUT2D eigenvalue weighted by Gasteiger charge is -2.10. The molecule has 0 unspecified atom stereocenters. The molecule has 0 atom stereocenters. The van der Waals surface area contributed by atoms with Gasteiger partial charge in [-0.15, -0.1) is 0 Å². The zero-order valence-corrected chi connectivity index (χ0v) is 30.7. The van der Waals surface area contributed by atoms with Crippen molar-refractivity contribution in [3.63, 3.8) is 0 Å². The number of aromatic nitrogens is 4. The first-order valence-electron chi connectivity index (χ1n) is 19.2. The fourth-order valence-electron chi connectivity index (χ4n) is 8.79. The van der Waals surface area contributed by atoms with Crippen LogP contribution >= 0.6 is 0 Å². The van der Waals surface area contributed by atoms with Crippen LogP contribution in [0.2, 0.25) is 0 Å². The molecule has 0 aliphatic heterocycles. The molecule has 12 aromatic rings. The molecule has 0 spiro atoms. The van der Waals surface area contributed by atoms with Crippen molar-refractivity contribution >= 4 is 65.6 Å². The second kappa shape index (κ2) is 12.4. The predicted molar refractivity (Wildman–Crippen MR) is 234 cm³/mol. The van der Waals surface area contributed by atoms with Gasteiger partial charge in [-0.2, -0.15) is 0 Å². The molecular formula is C52H32N4O. The van der Waals surface area contributed by atoms with E-state index in [1.807, 2.05) is 24.4 Å². The number of furan rings is 1. The van der Waals surface area contributed by atoms with Gasteiger partial charge in [0.25, 0.3) is 0 Å². The standard InChI is InChI=1S/C52H32N4O/c1-2-11-37(12-3-1)55-46-18-7-4-13-39(46)43-31-35(25-27-48(43)55)36-26-28-49-44(32-36)40-14-5-8-19-47(40)56(49)52-53-30-29-45(54-52)34-23-21-33(22-24-34)38-16-10-17-42-41-15-6-9-20-50(41)57-51(38)42/h1-32H. The van der Waals surface area contributed by atoms with Crippen LogP contribution in [-0.2, 0) is 0 Å². The number of hydrogen-bond acceptors (Lipinski definition) is 3. The van der Waals surface area contributed by atoms with Crippen LogP contribution in [0.25, 0.3) is 111 Å². The third-order valence-electron chi connectivity index (χ3n) is 11.4. The lowest BCUT2D eigenvalue weighted by Crippen LogP contribution is -2.01. The number of benzene rings is 8. The Bertz CT molecular complexity index is 3520. The van der Waals surface area contributed by atoms with Gasteiger partial charge in [-0.25, -0.2) is 9.97 Å². The van der Waals surface area contributed by atoms with E-state index in [9.17, 15) is 0 Å². The summed E-state index contributed by atoms with van der Waals surface area (Å²) < 4.78 is 10.9. The fraction of sp³-hybridized carbons (Fsp3) is 0. The minimum atomic E-state index is 0.637. The van der Waals surface area contributed by atoms with E-state index >= 15 is 0 Å². The largest absolute Gasteiger partial charge is 0.455 e. The maximum atomic E-state index is 6.34. The zero-order valence-electron chi connectivity index (χ0n) is 30.7. The normalized spacial score (nSPS) is 11.9. The van der Waals surface area contributed by atoms with Crippen LogP contribution in [0.15, 0.2) is 199 Å². The Morgan fingerprint density at radius 1 is 0.386 bits per heavy atom. The van der Waals surface area contributed by atoms with Gasteiger partial charge in [-0.3, -0.25) is 4.57 Å². The number of rotatable bonds is 5. The van der Waals surface area contributed by atoms with E-state index in [0.717, 1.165) is 77.4 Å². The van der Waals surface area contributed by atoms with Crippen LogP contribution in [-0.4, -0.2) is 19.1 Å². The van der Waals surface area contributed by atoms with Crippen LogP contribution in [0.5, 0.6) is 0 Å². The fourth-order valence-corrected chi connectivity index (χ4v) is 8.79. The number of hydrogen-bond donors (Lipinski definition) is 0. The van der Waals surface area contributed by atoms with Gasteiger partial charge in [-0.05, 0) is 77.4 Å². The molecule has 0 saturated carbocycles. The molecule has 0 fully saturated rings. The Balaban J connectivity index is 0.938. The van der Waals surface area contributed by atoms with Crippen molar-refractivity contribution in [2.45, 2.75) is 0 Å². The summed E-state index contributed by atoms with van der Waals surface area (Å²) >= 11 is 0. The summed E-state index contributed by atoms with van der Waals surface area (Å²) in [6.07, 6.45) is 1.86. The number of nitrogens with zero attached hydrogens (tertiary/aromatic N) is 4. The Morgan fingerprint density at radius 2 is 0.947 bits per heavy atom. The molecule has 0 saturated heterocycles. The molecule has 0 amide bonds. The van der Waals surface area contributed by atoms with Crippen LogP contribution in [0.1, 0.15) is 0 Å². The Morgan fingerprint density at radius 3 is 1.68 bits per heavy atom. The van der Waals surface area contributed by atoms with Crippen LogP contribution in [0.3, 0.4) is 0 Å². The summed E-state index contributed by atoms with van der Waals surface area (Å²) in [7, 11) is 0. The van der Waals surface area contributed by atoms with E-state index in [4.69, 9.17) is 14.4 Å². The second-order valence-electron chi connectivity index (χ2n) is 14.6. The molecular weight excluding hydrogens is 697 g/mol. The molecule has 4 heterocycles. The maximum Gasteiger partial charge on any atom is 0.235 e. The number of para-hydroxylation sites is 5. The summed E-state index contributed by atoms with van der Waals surface area (Å²) in [5, 5.41) is 7.05. The van der Waals surface area contributed by atoms with Gasteiger partial charge in [0.05, 0.1) is 27.8 Å². The Labute approximate surface area is 327 Å². The molecule has 0 aliphatic carbocycles. The Hall–Kier alpha value is -7.76. The summed E-state index contributed by atoms with van der Waals surface area (Å²) in [6, 6.07) is 66.5.